The molecule has 0 saturated carbocycles. The van der Waals surface area contributed by atoms with E-state index in [1.807, 2.05) is 0 Å². The fourth-order valence-corrected chi connectivity index (χ4v) is 5.17. The largest absolute Gasteiger partial charge is 0.493 e. The Morgan fingerprint density at radius 1 is 0.426 bits per heavy atom. The molecule has 0 aromatic heterocycles. The Kier molecular flexibility index (Phi) is 16.7. The van der Waals surface area contributed by atoms with Gasteiger partial charge in [0.05, 0.1) is 48.7 Å². The lowest BCUT2D eigenvalue weighted by Crippen LogP contribution is -2.10. The van der Waals surface area contributed by atoms with Crippen LogP contribution in [0.2, 0.25) is 0 Å². The van der Waals surface area contributed by atoms with Gasteiger partial charge in [-0.2, -0.15) is 0 Å². The first kappa shape index (κ1) is 44.4. The quantitative estimate of drug-likeness (QED) is 0.0231. The molecule has 0 bridgehead atoms. The first-order valence-electron chi connectivity index (χ1n) is 19.0. The lowest BCUT2D eigenvalue weighted by Gasteiger charge is -2.09. The second-order valence-electron chi connectivity index (χ2n) is 13.0. The summed E-state index contributed by atoms with van der Waals surface area (Å²) in [7, 11) is 0. The molecule has 0 heterocycles. The minimum absolute atomic E-state index is 0.0158. The monoisotopic (exact) mass is 830 g/mol. The van der Waals surface area contributed by atoms with Crippen LogP contribution in [0.1, 0.15) is 72.3 Å². The summed E-state index contributed by atoms with van der Waals surface area (Å²) >= 11 is 0. The van der Waals surface area contributed by atoms with Crippen molar-refractivity contribution in [3.8, 4) is 23.0 Å². The van der Waals surface area contributed by atoms with Crippen LogP contribution < -0.4 is 18.9 Å². The average Bonchev–Trinajstić information content (AvgIpc) is 3.28. The van der Waals surface area contributed by atoms with E-state index in [4.69, 9.17) is 37.9 Å². The zero-order valence-electron chi connectivity index (χ0n) is 33.2. The molecule has 0 amide bonds. The molecular formula is C47H42O14. The van der Waals surface area contributed by atoms with Crippen LogP contribution in [0.4, 0.5) is 0 Å². The van der Waals surface area contributed by atoms with E-state index in [0.29, 0.717) is 59.8 Å². The van der Waals surface area contributed by atoms with Crippen LogP contribution in [0.25, 0.3) is 0 Å². The van der Waals surface area contributed by atoms with Gasteiger partial charge in [-0.25, -0.2) is 24.0 Å². The number of hydrogen-bond acceptors (Lipinski definition) is 14. The maximum absolute atomic E-state index is 12.8. The molecule has 0 N–H and O–H groups in total. The fraction of sp³-hybridized carbons (Fsp3) is 0.191. The van der Waals surface area contributed by atoms with Crippen molar-refractivity contribution in [1.29, 1.82) is 0 Å². The first-order valence-corrected chi connectivity index (χ1v) is 19.0. The van der Waals surface area contributed by atoms with Gasteiger partial charge in [0.15, 0.2) is 0 Å². The second-order valence-corrected chi connectivity index (χ2v) is 13.0. The summed E-state index contributed by atoms with van der Waals surface area (Å²) in [5.74, 6) is -1.57. The van der Waals surface area contributed by atoms with E-state index in [1.54, 1.807) is 97.1 Å². The summed E-state index contributed by atoms with van der Waals surface area (Å²) < 4.78 is 42.6. The average molecular weight is 831 g/mol. The molecule has 0 aliphatic heterocycles. The molecule has 314 valence electrons. The highest BCUT2D eigenvalue weighted by Gasteiger charge is 2.14. The van der Waals surface area contributed by atoms with E-state index in [2.05, 4.69) is 6.58 Å². The number of benzene rings is 5. The van der Waals surface area contributed by atoms with Gasteiger partial charge in [0.2, 0.25) is 0 Å². The van der Waals surface area contributed by atoms with Crippen molar-refractivity contribution >= 4 is 35.8 Å². The SMILES string of the molecule is C=CC(=O)OCCCOc1ccc(C(=O)OCc2ccc(C(=O)Oc3ccc(OC(=O)c4ccc(COC(=O)c5ccc(OCCCOC(C)=O)cc5)cc4)cc3)cc2)cc1. The molecule has 0 radical (unpaired) electrons. The van der Waals surface area contributed by atoms with Gasteiger partial charge in [0, 0.05) is 25.8 Å². The van der Waals surface area contributed by atoms with E-state index in [0.717, 1.165) is 6.08 Å². The lowest BCUT2D eigenvalue weighted by atomic mass is 10.1. The maximum Gasteiger partial charge on any atom is 0.343 e. The Bertz CT molecular complexity index is 2260. The van der Waals surface area contributed by atoms with E-state index >= 15 is 0 Å². The number of hydrogen-bond donors (Lipinski definition) is 0. The van der Waals surface area contributed by atoms with Gasteiger partial charge in [-0.15, -0.1) is 0 Å². The Hall–Kier alpha value is -7.74. The molecule has 0 aliphatic rings. The Morgan fingerprint density at radius 3 is 1.15 bits per heavy atom. The van der Waals surface area contributed by atoms with Crippen LogP contribution >= 0.6 is 0 Å². The third kappa shape index (κ3) is 14.9. The fourth-order valence-electron chi connectivity index (χ4n) is 5.17. The summed E-state index contributed by atoms with van der Waals surface area (Å²) in [5, 5.41) is 0. The molecular weight excluding hydrogens is 789 g/mol. The van der Waals surface area contributed by atoms with Gasteiger partial charge in [-0.05, 0) is 108 Å². The molecule has 5 rings (SSSR count). The molecule has 14 heteroatoms. The Morgan fingerprint density at radius 2 is 0.770 bits per heavy atom. The predicted octanol–water partition coefficient (Wildman–Crippen LogP) is 7.67. The number of esters is 6. The molecule has 0 unspecified atom stereocenters. The van der Waals surface area contributed by atoms with Crippen molar-refractivity contribution in [2.24, 2.45) is 0 Å². The van der Waals surface area contributed by atoms with Gasteiger partial charge in [-0.1, -0.05) is 30.8 Å². The Labute approximate surface area is 351 Å². The molecule has 5 aromatic carbocycles. The summed E-state index contributed by atoms with van der Waals surface area (Å²) in [6, 6.07) is 31.7. The second kappa shape index (κ2) is 23.0. The summed E-state index contributed by atoms with van der Waals surface area (Å²) in [5.41, 5.74) is 2.53. The van der Waals surface area contributed by atoms with Crippen LogP contribution in [0.3, 0.4) is 0 Å². The highest BCUT2D eigenvalue weighted by molar-refractivity contribution is 5.92. The third-order valence-corrected chi connectivity index (χ3v) is 8.38. The minimum atomic E-state index is -0.618. The number of ether oxygens (including phenoxy) is 8. The van der Waals surface area contributed by atoms with E-state index in [-0.39, 0.29) is 55.0 Å². The van der Waals surface area contributed by atoms with Crippen molar-refractivity contribution < 1.29 is 66.7 Å². The zero-order valence-corrected chi connectivity index (χ0v) is 33.2. The summed E-state index contributed by atoms with van der Waals surface area (Å²) in [6.45, 7) is 5.79. The van der Waals surface area contributed by atoms with Crippen molar-refractivity contribution in [2.45, 2.75) is 33.0 Å². The van der Waals surface area contributed by atoms with Gasteiger partial charge < -0.3 is 37.9 Å². The smallest absolute Gasteiger partial charge is 0.343 e. The molecule has 61 heavy (non-hydrogen) atoms. The topological polar surface area (TPSA) is 176 Å². The molecule has 0 aliphatic carbocycles. The molecule has 0 saturated heterocycles. The Balaban J connectivity index is 0.993. The van der Waals surface area contributed by atoms with Crippen LogP contribution in [-0.2, 0) is 41.8 Å². The van der Waals surface area contributed by atoms with Crippen molar-refractivity contribution in [2.75, 3.05) is 26.4 Å². The van der Waals surface area contributed by atoms with E-state index in [9.17, 15) is 28.8 Å². The van der Waals surface area contributed by atoms with Crippen LogP contribution in [0.5, 0.6) is 23.0 Å². The van der Waals surface area contributed by atoms with Crippen LogP contribution in [-0.4, -0.2) is 62.2 Å². The van der Waals surface area contributed by atoms with Crippen molar-refractivity contribution in [1.82, 2.24) is 0 Å². The zero-order chi connectivity index (χ0) is 43.4. The molecule has 0 fully saturated rings. The summed E-state index contributed by atoms with van der Waals surface area (Å²) in [4.78, 5) is 72.5. The van der Waals surface area contributed by atoms with E-state index < -0.39 is 29.8 Å². The van der Waals surface area contributed by atoms with E-state index in [1.165, 1.54) is 31.2 Å². The molecule has 5 aromatic rings. The van der Waals surface area contributed by atoms with Crippen LogP contribution in [0, 0.1) is 0 Å². The molecule has 0 spiro atoms. The highest BCUT2D eigenvalue weighted by Crippen LogP contribution is 2.21. The van der Waals surface area contributed by atoms with Crippen molar-refractivity contribution in [3.05, 3.63) is 167 Å². The number of rotatable bonds is 21. The first-order chi connectivity index (χ1) is 29.6. The lowest BCUT2D eigenvalue weighted by molar-refractivity contribution is -0.141. The standard InChI is InChI=1S/C47H42O14/c1-3-43(49)57-29-5-28-56-40-20-16-36(17-21-40)45(51)59-31-34-8-12-38(13-9-34)47(53)61-42-24-22-41(23-25-42)60-46(52)37-10-6-33(7-11-37)30-58-44(50)35-14-18-39(19-15-35)55-27-4-26-54-32(2)48/h3,6-25H,1,4-5,26-31H2,2H3. The van der Waals surface area contributed by atoms with Gasteiger partial charge in [0.1, 0.15) is 36.2 Å². The predicted molar refractivity (Wildman–Crippen MR) is 218 cm³/mol. The van der Waals surface area contributed by atoms with Crippen molar-refractivity contribution in [3.63, 3.8) is 0 Å². The van der Waals surface area contributed by atoms with Gasteiger partial charge in [0.25, 0.3) is 0 Å². The third-order valence-electron chi connectivity index (χ3n) is 8.38. The van der Waals surface area contributed by atoms with Gasteiger partial charge in [-0.3, -0.25) is 4.79 Å². The van der Waals surface area contributed by atoms with Gasteiger partial charge >= 0.3 is 35.8 Å². The minimum Gasteiger partial charge on any atom is -0.493 e. The molecule has 0 atom stereocenters. The summed E-state index contributed by atoms with van der Waals surface area (Å²) in [6.07, 6.45) is 2.13. The number of carbonyl (C=O) groups excluding carboxylic acids is 6. The van der Waals surface area contributed by atoms with Crippen LogP contribution in [0.15, 0.2) is 134 Å². The number of carbonyl (C=O) groups is 6. The maximum atomic E-state index is 12.8. The normalized spacial score (nSPS) is 10.4. The highest BCUT2D eigenvalue weighted by atomic mass is 16.6. The molecule has 14 nitrogen and oxygen atoms in total.